The van der Waals surface area contributed by atoms with Crippen molar-refractivity contribution >= 4 is 11.9 Å². The molecule has 0 aliphatic carbocycles. The average Bonchev–Trinajstić information content (AvgIpc) is 2.39. The zero-order valence-electron chi connectivity index (χ0n) is 9.97. The monoisotopic (exact) mass is 233 g/mol. The van der Waals surface area contributed by atoms with Crippen LogP contribution in [-0.4, -0.2) is 31.6 Å². The van der Waals surface area contributed by atoms with Crippen molar-refractivity contribution in [2.75, 3.05) is 13.7 Å². The lowest BCUT2D eigenvalue weighted by molar-refractivity contribution is -0.142. The van der Waals surface area contributed by atoms with Crippen molar-refractivity contribution in [1.82, 2.24) is 0 Å². The van der Waals surface area contributed by atoms with Gasteiger partial charge >= 0.3 is 5.97 Å². The summed E-state index contributed by atoms with van der Waals surface area (Å²) in [5, 5.41) is 0. The molecule has 0 radical (unpaired) electrons. The van der Waals surface area contributed by atoms with E-state index in [-0.39, 0.29) is 5.97 Å². The number of hydrogen-bond donors (Lipinski definition) is 0. The molecule has 0 spiro atoms. The first kappa shape index (κ1) is 11.6. The van der Waals surface area contributed by atoms with Crippen LogP contribution >= 0.6 is 0 Å². The molecular formula is C13H15NO3. The van der Waals surface area contributed by atoms with Crippen LogP contribution in [0.4, 0.5) is 0 Å². The average molecular weight is 233 g/mol. The molecule has 1 heterocycles. The number of carbonyl (C=O) groups is 1. The minimum atomic E-state index is -0.440. The first-order valence-electron chi connectivity index (χ1n) is 5.56. The van der Waals surface area contributed by atoms with Crippen LogP contribution in [0.5, 0.6) is 0 Å². The van der Waals surface area contributed by atoms with Gasteiger partial charge in [0.15, 0.2) is 6.04 Å². The summed E-state index contributed by atoms with van der Waals surface area (Å²) in [6, 6.07) is 7.41. The third-order valence-corrected chi connectivity index (χ3v) is 2.67. The summed E-state index contributed by atoms with van der Waals surface area (Å²) in [4.78, 5) is 15.7. The third kappa shape index (κ3) is 2.64. The van der Waals surface area contributed by atoms with Gasteiger partial charge in [0.2, 0.25) is 5.90 Å². The molecule has 1 aromatic rings. The van der Waals surface area contributed by atoms with Crippen molar-refractivity contribution < 1.29 is 14.3 Å². The highest BCUT2D eigenvalue weighted by molar-refractivity contribution is 5.96. The Kier molecular flexibility index (Phi) is 3.42. The highest BCUT2D eigenvalue weighted by Gasteiger charge is 2.24. The number of hydrogen-bond acceptors (Lipinski definition) is 4. The standard InChI is InChI=1S/C13H15NO3/c1-9-3-5-10(6-4-9)12-14-11(7-8-17-12)13(15)16-2/h3-6,11H,7-8H2,1-2H3/t11-/m1/s1. The van der Waals surface area contributed by atoms with Crippen LogP contribution in [0.2, 0.25) is 0 Å². The van der Waals surface area contributed by atoms with Crippen molar-refractivity contribution in [2.45, 2.75) is 19.4 Å². The maximum atomic E-state index is 11.4. The number of benzene rings is 1. The smallest absolute Gasteiger partial charge is 0.330 e. The van der Waals surface area contributed by atoms with E-state index in [0.717, 1.165) is 5.56 Å². The summed E-state index contributed by atoms with van der Waals surface area (Å²) in [5.41, 5.74) is 2.07. The highest BCUT2D eigenvalue weighted by Crippen LogP contribution is 2.14. The molecule has 2 rings (SSSR count). The van der Waals surface area contributed by atoms with Crippen LogP contribution in [0.1, 0.15) is 17.5 Å². The lowest BCUT2D eigenvalue weighted by Gasteiger charge is -2.19. The molecule has 0 amide bonds. The predicted molar refractivity (Wildman–Crippen MR) is 64.1 cm³/mol. The lowest BCUT2D eigenvalue weighted by atomic mass is 10.1. The Hall–Kier alpha value is -1.84. The number of nitrogens with zero attached hydrogens (tertiary/aromatic N) is 1. The van der Waals surface area contributed by atoms with Crippen molar-refractivity contribution in [3.05, 3.63) is 35.4 Å². The van der Waals surface area contributed by atoms with Gasteiger partial charge in [-0.1, -0.05) is 17.7 Å². The van der Waals surface area contributed by atoms with Crippen molar-refractivity contribution in [3.63, 3.8) is 0 Å². The Morgan fingerprint density at radius 1 is 1.41 bits per heavy atom. The van der Waals surface area contributed by atoms with Crippen LogP contribution in [0.3, 0.4) is 0 Å². The van der Waals surface area contributed by atoms with E-state index < -0.39 is 6.04 Å². The normalized spacial score (nSPS) is 19.2. The fourth-order valence-electron chi connectivity index (χ4n) is 1.67. The number of esters is 1. The van der Waals surface area contributed by atoms with Gasteiger partial charge in [-0.25, -0.2) is 9.79 Å². The predicted octanol–water partition coefficient (Wildman–Crippen LogP) is 1.70. The van der Waals surface area contributed by atoms with E-state index in [2.05, 4.69) is 4.99 Å². The number of aliphatic imine (C=N–C) groups is 1. The van der Waals surface area contributed by atoms with E-state index in [1.54, 1.807) is 0 Å². The Morgan fingerprint density at radius 2 is 2.12 bits per heavy atom. The van der Waals surface area contributed by atoms with E-state index in [1.807, 2.05) is 31.2 Å². The molecule has 0 bridgehead atoms. The third-order valence-electron chi connectivity index (χ3n) is 2.67. The summed E-state index contributed by atoms with van der Waals surface area (Å²) >= 11 is 0. The van der Waals surface area contributed by atoms with E-state index in [9.17, 15) is 4.79 Å². The second-order valence-electron chi connectivity index (χ2n) is 3.98. The molecule has 17 heavy (non-hydrogen) atoms. The topological polar surface area (TPSA) is 47.9 Å². The minimum absolute atomic E-state index is 0.307. The van der Waals surface area contributed by atoms with Crippen molar-refractivity contribution in [3.8, 4) is 0 Å². The molecule has 4 heteroatoms. The highest BCUT2D eigenvalue weighted by atomic mass is 16.5. The first-order chi connectivity index (χ1) is 8.20. The molecule has 0 aromatic heterocycles. The zero-order chi connectivity index (χ0) is 12.3. The largest absolute Gasteiger partial charge is 0.477 e. The van der Waals surface area contributed by atoms with E-state index in [0.29, 0.717) is 18.9 Å². The van der Waals surface area contributed by atoms with Gasteiger partial charge < -0.3 is 9.47 Å². The Bertz CT molecular complexity index is 436. The van der Waals surface area contributed by atoms with E-state index in [4.69, 9.17) is 9.47 Å². The Balaban J connectivity index is 2.23. The van der Waals surface area contributed by atoms with Gasteiger partial charge in [0, 0.05) is 12.0 Å². The molecule has 1 aliphatic heterocycles. The molecule has 1 aliphatic rings. The second kappa shape index (κ2) is 4.99. The van der Waals surface area contributed by atoms with Gasteiger partial charge in [-0.3, -0.25) is 0 Å². The van der Waals surface area contributed by atoms with Crippen LogP contribution in [0.15, 0.2) is 29.3 Å². The van der Waals surface area contributed by atoms with Crippen LogP contribution in [0.25, 0.3) is 0 Å². The molecular weight excluding hydrogens is 218 g/mol. The van der Waals surface area contributed by atoms with Gasteiger partial charge in [-0.15, -0.1) is 0 Å². The lowest BCUT2D eigenvalue weighted by Crippen LogP contribution is -2.29. The SMILES string of the molecule is COC(=O)[C@H]1CCOC(c2ccc(C)cc2)=N1. The molecule has 1 aromatic carbocycles. The maximum Gasteiger partial charge on any atom is 0.330 e. The van der Waals surface area contributed by atoms with Gasteiger partial charge in [-0.05, 0) is 19.1 Å². The fourth-order valence-corrected chi connectivity index (χ4v) is 1.67. The zero-order valence-corrected chi connectivity index (χ0v) is 9.97. The maximum absolute atomic E-state index is 11.4. The Labute approximate surface area is 100 Å². The van der Waals surface area contributed by atoms with Crippen LogP contribution in [0, 0.1) is 6.92 Å². The van der Waals surface area contributed by atoms with E-state index in [1.165, 1.54) is 12.7 Å². The second-order valence-corrected chi connectivity index (χ2v) is 3.98. The summed E-state index contributed by atoms with van der Waals surface area (Å²) in [6.07, 6.45) is 0.571. The van der Waals surface area contributed by atoms with Gasteiger partial charge in [0.05, 0.1) is 13.7 Å². The van der Waals surface area contributed by atoms with Gasteiger partial charge in [0.1, 0.15) is 0 Å². The summed E-state index contributed by atoms with van der Waals surface area (Å²) in [5.74, 6) is 0.213. The van der Waals surface area contributed by atoms with Gasteiger partial charge in [-0.2, -0.15) is 0 Å². The summed E-state index contributed by atoms with van der Waals surface area (Å²) in [6.45, 7) is 2.51. The quantitative estimate of drug-likeness (QED) is 0.730. The number of carbonyl (C=O) groups excluding carboxylic acids is 1. The number of methoxy groups -OCH3 is 1. The summed E-state index contributed by atoms with van der Waals surface area (Å²) < 4.78 is 10.2. The van der Waals surface area contributed by atoms with Crippen molar-refractivity contribution in [2.24, 2.45) is 4.99 Å². The molecule has 1 atom stereocenters. The van der Waals surface area contributed by atoms with E-state index >= 15 is 0 Å². The number of rotatable bonds is 2. The van der Waals surface area contributed by atoms with Crippen LogP contribution in [-0.2, 0) is 14.3 Å². The molecule has 0 saturated carbocycles. The van der Waals surface area contributed by atoms with Crippen LogP contribution < -0.4 is 0 Å². The molecule has 4 nitrogen and oxygen atoms in total. The number of ether oxygens (including phenoxy) is 2. The summed E-state index contributed by atoms with van der Waals surface area (Å²) in [7, 11) is 1.37. The van der Waals surface area contributed by atoms with Crippen molar-refractivity contribution in [1.29, 1.82) is 0 Å². The molecule has 0 unspecified atom stereocenters. The molecule has 90 valence electrons. The number of aryl methyl sites for hydroxylation is 1. The molecule has 0 N–H and O–H groups in total. The molecule has 0 saturated heterocycles. The molecule has 0 fully saturated rings. The van der Waals surface area contributed by atoms with Gasteiger partial charge in [0.25, 0.3) is 0 Å². The fraction of sp³-hybridized carbons (Fsp3) is 0.385. The Morgan fingerprint density at radius 3 is 2.76 bits per heavy atom. The first-order valence-corrected chi connectivity index (χ1v) is 5.56. The minimum Gasteiger partial charge on any atom is -0.477 e.